The molecule has 0 unspecified atom stereocenters. The molecular weight excluding hydrogens is 355 g/mol. The third-order valence-corrected chi connectivity index (χ3v) is 5.35. The highest BCUT2D eigenvalue weighted by molar-refractivity contribution is 7.89. The van der Waals surface area contributed by atoms with Gasteiger partial charge >= 0.3 is 0 Å². The molecule has 0 aliphatic heterocycles. The molecule has 0 atom stereocenters. The zero-order valence-corrected chi connectivity index (χ0v) is 15.7. The van der Waals surface area contributed by atoms with Crippen LogP contribution >= 0.6 is 0 Å². The van der Waals surface area contributed by atoms with Crippen LogP contribution in [0.1, 0.15) is 29.3 Å². The third-order valence-electron chi connectivity index (χ3n) is 3.89. The molecule has 0 saturated heterocycles. The highest BCUT2D eigenvalue weighted by Gasteiger charge is 2.17. The van der Waals surface area contributed by atoms with E-state index in [2.05, 4.69) is 4.72 Å². The Labute approximate surface area is 153 Å². The average Bonchev–Trinajstić information content (AvgIpc) is 2.61. The van der Waals surface area contributed by atoms with Gasteiger partial charge in [0.1, 0.15) is 5.82 Å². The van der Waals surface area contributed by atoms with Gasteiger partial charge in [-0.05, 0) is 48.7 Å². The maximum absolute atomic E-state index is 13.2. The van der Waals surface area contributed by atoms with E-state index < -0.39 is 10.0 Å². The summed E-state index contributed by atoms with van der Waals surface area (Å²) >= 11 is 0. The average molecular weight is 378 g/mol. The summed E-state index contributed by atoms with van der Waals surface area (Å²) in [6.07, 6.45) is 1.19. The number of carbonyl (C=O) groups excluding carboxylic acids is 1. The first kappa shape index (κ1) is 20.1. The van der Waals surface area contributed by atoms with Crippen LogP contribution in [0.25, 0.3) is 0 Å². The molecule has 0 aliphatic rings. The van der Waals surface area contributed by atoms with Crippen molar-refractivity contribution in [3.63, 3.8) is 0 Å². The Hall–Kier alpha value is -2.25. The summed E-state index contributed by atoms with van der Waals surface area (Å²) in [6.45, 7) is 2.70. The highest BCUT2D eigenvalue weighted by atomic mass is 32.2. The van der Waals surface area contributed by atoms with Crippen molar-refractivity contribution >= 4 is 15.9 Å². The van der Waals surface area contributed by atoms with E-state index in [1.165, 1.54) is 24.3 Å². The number of benzene rings is 2. The summed E-state index contributed by atoms with van der Waals surface area (Å²) in [4.78, 5) is 13.9. The van der Waals surface area contributed by atoms with E-state index in [1.807, 2.05) is 6.92 Å². The van der Waals surface area contributed by atoms with Crippen LogP contribution in [0.5, 0.6) is 0 Å². The standard InChI is InChI=1S/C19H23FN2O3S/c1-3-12-22(2)19(23)16-7-5-9-18(14-16)26(24,25)21-11-10-15-6-4-8-17(20)13-15/h4-9,13-14,21H,3,10-12H2,1-2H3. The van der Waals surface area contributed by atoms with Gasteiger partial charge in [0.25, 0.3) is 5.91 Å². The fourth-order valence-corrected chi connectivity index (χ4v) is 3.64. The maximum Gasteiger partial charge on any atom is 0.253 e. The number of nitrogens with one attached hydrogen (secondary N) is 1. The predicted molar refractivity (Wildman–Crippen MR) is 99.0 cm³/mol. The smallest absolute Gasteiger partial charge is 0.253 e. The number of carbonyl (C=O) groups is 1. The van der Waals surface area contributed by atoms with Crippen molar-refractivity contribution in [2.24, 2.45) is 0 Å². The van der Waals surface area contributed by atoms with Gasteiger partial charge in [0.2, 0.25) is 10.0 Å². The number of nitrogens with zero attached hydrogens (tertiary/aromatic N) is 1. The van der Waals surface area contributed by atoms with E-state index in [-0.39, 0.29) is 23.2 Å². The van der Waals surface area contributed by atoms with Crippen LogP contribution < -0.4 is 4.72 Å². The summed E-state index contributed by atoms with van der Waals surface area (Å²) in [5.41, 5.74) is 1.03. The molecular formula is C19H23FN2O3S. The lowest BCUT2D eigenvalue weighted by Crippen LogP contribution is -2.28. The first-order valence-corrected chi connectivity index (χ1v) is 9.91. The first-order chi connectivity index (χ1) is 12.3. The Morgan fingerprint density at radius 3 is 2.58 bits per heavy atom. The van der Waals surface area contributed by atoms with Gasteiger partial charge in [-0.3, -0.25) is 4.79 Å². The van der Waals surface area contributed by atoms with Crippen LogP contribution in [0.15, 0.2) is 53.4 Å². The molecule has 1 amide bonds. The Balaban J connectivity index is 2.06. The van der Waals surface area contributed by atoms with Gasteiger partial charge in [-0.25, -0.2) is 17.5 Å². The van der Waals surface area contributed by atoms with E-state index in [9.17, 15) is 17.6 Å². The van der Waals surface area contributed by atoms with Crippen LogP contribution in [0.2, 0.25) is 0 Å². The Bertz CT molecular complexity index is 869. The normalized spacial score (nSPS) is 11.3. The fraction of sp³-hybridized carbons (Fsp3) is 0.316. The molecule has 0 fully saturated rings. The summed E-state index contributed by atoms with van der Waals surface area (Å²) in [6, 6.07) is 12.0. The molecule has 0 bridgehead atoms. The van der Waals surface area contributed by atoms with Gasteiger partial charge in [-0.1, -0.05) is 25.1 Å². The second-order valence-corrected chi connectivity index (χ2v) is 7.80. The second kappa shape index (κ2) is 8.91. The summed E-state index contributed by atoms with van der Waals surface area (Å²) < 4.78 is 40.5. The Kier molecular flexibility index (Phi) is 6.88. The van der Waals surface area contributed by atoms with Crippen LogP contribution in [0.4, 0.5) is 4.39 Å². The van der Waals surface area contributed by atoms with Crippen LogP contribution in [-0.2, 0) is 16.4 Å². The highest BCUT2D eigenvalue weighted by Crippen LogP contribution is 2.13. The van der Waals surface area contributed by atoms with Crippen molar-refractivity contribution in [1.82, 2.24) is 9.62 Å². The van der Waals surface area contributed by atoms with E-state index in [0.717, 1.165) is 6.42 Å². The van der Waals surface area contributed by atoms with E-state index in [4.69, 9.17) is 0 Å². The van der Waals surface area contributed by atoms with Gasteiger partial charge in [0, 0.05) is 25.7 Å². The summed E-state index contributed by atoms with van der Waals surface area (Å²) in [5.74, 6) is -0.573. The molecule has 0 radical (unpaired) electrons. The molecule has 7 heteroatoms. The zero-order valence-electron chi connectivity index (χ0n) is 14.9. The minimum absolute atomic E-state index is 0.0347. The predicted octanol–water partition coefficient (Wildman–Crippen LogP) is 2.83. The van der Waals surface area contributed by atoms with Crippen molar-refractivity contribution in [1.29, 1.82) is 0 Å². The van der Waals surface area contributed by atoms with E-state index >= 15 is 0 Å². The number of halogens is 1. The quantitative estimate of drug-likeness (QED) is 0.768. The topological polar surface area (TPSA) is 66.5 Å². The van der Waals surface area contributed by atoms with Crippen LogP contribution in [-0.4, -0.2) is 39.4 Å². The van der Waals surface area contributed by atoms with Gasteiger partial charge in [-0.15, -0.1) is 0 Å². The number of amides is 1. The summed E-state index contributed by atoms with van der Waals surface area (Å²) in [7, 11) is -2.06. The first-order valence-electron chi connectivity index (χ1n) is 8.43. The second-order valence-electron chi connectivity index (χ2n) is 6.03. The van der Waals surface area contributed by atoms with Crippen molar-refractivity contribution in [2.45, 2.75) is 24.7 Å². The van der Waals surface area contributed by atoms with Gasteiger partial charge in [-0.2, -0.15) is 0 Å². The number of rotatable bonds is 8. The van der Waals surface area contributed by atoms with Crippen LogP contribution in [0.3, 0.4) is 0 Å². The molecule has 2 rings (SSSR count). The molecule has 2 aromatic rings. The third kappa shape index (κ3) is 5.37. The molecule has 0 heterocycles. The Morgan fingerprint density at radius 2 is 1.88 bits per heavy atom. The fourth-order valence-electron chi connectivity index (χ4n) is 2.56. The molecule has 0 spiro atoms. The molecule has 0 aliphatic carbocycles. The largest absolute Gasteiger partial charge is 0.342 e. The van der Waals surface area contributed by atoms with Crippen LogP contribution in [0, 0.1) is 5.82 Å². The lowest BCUT2D eigenvalue weighted by Gasteiger charge is -2.16. The van der Waals surface area contributed by atoms with Crippen molar-refractivity contribution < 1.29 is 17.6 Å². The summed E-state index contributed by atoms with van der Waals surface area (Å²) in [5, 5.41) is 0. The van der Waals surface area contributed by atoms with Crippen molar-refractivity contribution in [3.05, 3.63) is 65.5 Å². The number of hydrogen-bond donors (Lipinski definition) is 1. The van der Waals surface area contributed by atoms with Gasteiger partial charge in [0.05, 0.1) is 4.90 Å². The molecule has 0 aromatic heterocycles. The Morgan fingerprint density at radius 1 is 1.15 bits per heavy atom. The molecule has 26 heavy (non-hydrogen) atoms. The SMILES string of the molecule is CCCN(C)C(=O)c1cccc(S(=O)(=O)NCCc2cccc(F)c2)c1. The van der Waals surface area contributed by atoms with E-state index in [0.29, 0.717) is 24.1 Å². The van der Waals surface area contributed by atoms with E-state index in [1.54, 1.807) is 36.2 Å². The minimum Gasteiger partial charge on any atom is -0.342 e. The van der Waals surface area contributed by atoms with Gasteiger partial charge < -0.3 is 4.90 Å². The molecule has 140 valence electrons. The van der Waals surface area contributed by atoms with Gasteiger partial charge in [0.15, 0.2) is 0 Å². The molecule has 0 saturated carbocycles. The lowest BCUT2D eigenvalue weighted by atomic mass is 10.1. The lowest BCUT2D eigenvalue weighted by molar-refractivity contribution is 0.0795. The van der Waals surface area contributed by atoms with Crippen molar-refractivity contribution in [2.75, 3.05) is 20.1 Å². The number of hydrogen-bond acceptors (Lipinski definition) is 3. The maximum atomic E-state index is 13.2. The number of sulfonamides is 1. The van der Waals surface area contributed by atoms with Crippen molar-refractivity contribution in [3.8, 4) is 0 Å². The molecule has 1 N–H and O–H groups in total. The monoisotopic (exact) mass is 378 g/mol. The zero-order chi connectivity index (χ0) is 19.2. The molecule has 2 aromatic carbocycles. The minimum atomic E-state index is -3.75. The molecule has 5 nitrogen and oxygen atoms in total.